The predicted octanol–water partition coefficient (Wildman–Crippen LogP) is 5.87. The minimum atomic E-state index is -0.483. The zero-order chi connectivity index (χ0) is 23.3. The number of carbonyl (C=O) groups excluding carboxylic acids is 2. The van der Waals surface area contributed by atoms with E-state index in [2.05, 4.69) is 17.6 Å². The molecule has 2 amide bonds. The Morgan fingerprint density at radius 3 is 2.00 bits per heavy atom. The molecular weight excluding hydrogens is 438 g/mol. The Morgan fingerprint density at radius 2 is 1.36 bits per heavy atom. The Kier molecular flexibility index (Phi) is 20.8. The van der Waals surface area contributed by atoms with Crippen molar-refractivity contribution in [3.63, 3.8) is 0 Å². The van der Waals surface area contributed by atoms with Crippen LogP contribution in [-0.4, -0.2) is 31.1 Å². The van der Waals surface area contributed by atoms with Crippen molar-refractivity contribution >= 4 is 24.4 Å². The molecule has 0 unspecified atom stereocenters. The number of rotatable bonds is 19. The second-order valence-electron chi connectivity index (χ2n) is 8.56. The van der Waals surface area contributed by atoms with Gasteiger partial charge in [-0.3, -0.25) is 4.79 Å². The second kappa shape index (κ2) is 22.0. The number of benzene rings is 1. The van der Waals surface area contributed by atoms with Gasteiger partial charge in [-0.25, -0.2) is 4.79 Å². The van der Waals surface area contributed by atoms with Gasteiger partial charge in [0.15, 0.2) is 0 Å². The molecule has 0 aliphatic carbocycles. The van der Waals surface area contributed by atoms with Crippen LogP contribution in [0.15, 0.2) is 30.3 Å². The lowest BCUT2D eigenvalue weighted by Crippen LogP contribution is -2.41. The monoisotopic (exact) mass is 483 g/mol. The number of halogens is 1. The zero-order valence-electron chi connectivity index (χ0n) is 20.5. The minimum absolute atomic E-state index is 0. The molecule has 0 aromatic heterocycles. The highest BCUT2D eigenvalue weighted by Gasteiger charge is 2.12. The highest BCUT2D eigenvalue weighted by atomic mass is 35.5. The third-order valence-corrected chi connectivity index (χ3v) is 5.59. The van der Waals surface area contributed by atoms with Crippen molar-refractivity contribution in [3.05, 3.63) is 35.9 Å². The van der Waals surface area contributed by atoms with Gasteiger partial charge in [-0.1, -0.05) is 95.0 Å². The summed E-state index contributed by atoms with van der Waals surface area (Å²) in [5, 5.41) is 5.67. The van der Waals surface area contributed by atoms with Gasteiger partial charge < -0.3 is 21.1 Å². The Morgan fingerprint density at radius 1 is 0.818 bits per heavy atom. The molecule has 0 bridgehead atoms. The smallest absolute Gasteiger partial charge is 0.407 e. The average molecular weight is 484 g/mol. The van der Waals surface area contributed by atoms with Gasteiger partial charge in [0.05, 0.1) is 6.04 Å². The molecule has 0 spiro atoms. The fourth-order valence-electron chi connectivity index (χ4n) is 3.54. The van der Waals surface area contributed by atoms with Crippen LogP contribution in [0.5, 0.6) is 0 Å². The number of unbranched alkanes of at least 4 members (excludes halogenated alkanes) is 10. The normalized spacial score (nSPS) is 11.3. The highest BCUT2D eigenvalue weighted by Crippen LogP contribution is 2.10. The van der Waals surface area contributed by atoms with Gasteiger partial charge in [-0.15, -0.1) is 12.4 Å². The largest absolute Gasteiger partial charge is 0.445 e. The first kappa shape index (κ1) is 31.2. The maximum absolute atomic E-state index is 12.1. The lowest BCUT2D eigenvalue weighted by molar-refractivity contribution is -0.122. The van der Waals surface area contributed by atoms with E-state index < -0.39 is 12.1 Å². The van der Waals surface area contributed by atoms with E-state index in [9.17, 15) is 9.59 Å². The Labute approximate surface area is 207 Å². The fraction of sp³-hybridized carbons (Fsp3) is 0.692. The van der Waals surface area contributed by atoms with E-state index >= 15 is 0 Å². The summed E-state index contributed by atoms with van der Waals surface area (Å²) < 4.78 is 5.16. The number of ether oxygens (including phenoxy) is 1. The molecule has 0 fully saturated rings. The number of hydrogen-bond donors (Lipinski definition) is 3. The third kappa shape index (κ3) is 18.3. The van der Waals surface area contributed by atoms with Crippen LogP contribution in [0, 0.1) is 0 Å². The Hall–Kier alpha value is -1.79. The number of alkyl carbamates (subject to hydrolysis) is 1. The molecule has 0 aliphatic rings. The lowest BCUT2D eigenvalue weighted by atomic mass is 10.1. The number of hydrogen-bond acceptors (Lipinski definition) is 4. The average Bonchev–Trinajstić information content (AvgIpc) is 2.81. The van der Waals surface area contributed by atoms with Gasteiger partial charge in [-0.2, -0.15) is 0 Å². The minimum Gasteiger partial charge on any atom is -0.445 e. The molecule has 0 radical (unpaired) electrons. The van der Waals surface area contributed by atoms with Crippen molar-refractivity contribution in [1.29, 1.82) is 0 Å². The molecule has 0 heterocycles. The van der Waals surface area contributed by atoms with E-state index in [1.165, 1.54) is 51.4 Å². The van der Waals surface area contributed by atoms with Gasteiger partial charge in [0.25, 0.3) is 0 Å². The van der Waals surface area contributed by atoms with E-state index in [0.29, 0.717) is 19.5 Å². The van der Waals surface area contributed by atoms with Crippen molar-refractivity contribution in [2.24, 2.45) is 5.73 Å². The topological polar surface area (TPSA) is 93.5 Å². The SMILES string of the molecule is CCCCCCCCCCCCNC(=O)[C@H](N)CCCCNC(=O)OCc1ccccc1.Cl. The summed E-state index contributed by atoms with van der Waals surface area (Å²) in [4.78, 5) is 23.8. The highest BCUT2D eigenvalue weighted by molar-refractivity contribution is 5.85. The van der Waals surface area contributed by atoms with Gasteiger partial charge in [-0.05, 0) is 31.2 Å². The summed E-state index contributed by atoms with van der Waals surface area (Å²) in [6.45, 7) is 3.73. The number of carbonyl (C=O) groups is 2. The van der Waals surface area contributed by atoms with E-state index in [1.54, 1.807) is 0 Å². The summed E-state index contributed by atoms with van der Waals surface area (Å²) >= 11 is 0. The van der Waals surface area contributed by atoms with Crippen molar-refractivity contribution in [3.8, 4) is 0 Å². The van der Waals surface area contributed by atoms with Gasteiger partial charge in [0.2, 0.25) is 5.91 Å². The first-order valence-electron chi connectivity index (χ1n) is 12.6. The quantitative estimate of drug-likeness (QED) is 0.214. The predicted molar refractivity (Wildman–Crippen MR) is 139 cm³/mol. The van der Waals surface area contributed by atoms with Crippen LogP contribution in [0.2, 0.25) is 0 Å². The summed E-state index contributed by atoms with van der Waals surface area (Å²) in [6, 6.07) is 9.09. The fourth-order valence-corrected chi connectivity index (χ4v) is 3.54. The van der Waals surface area contributed by atoms with E-state index in [4.69, 9.17) is 10.5 Å². The molecule has 6 nitrogen and oxygen atoms in total. The number of nitrogens with one attached hydrogen (secondary N) is 2. The van der Waals surface area contributed by atoms with Crippen LogP contribution >= 0.6 is 12.4 Å². The summed E-state index contributed by atoms with van der Waals surface area (Å²) in [5.74, 6) is -0.0730. The van der Waals surface area contributed by atoms with Crippen molar-refractivity contribution in [2.75, 3.05) is 13.1 Å². The van der Waals surface area contributed by atoms with Crippen molar-refractivity contribution in [1.82, 2.24) is 10.6 Å². The van der Waals surface area contributed by atoms with Gasteiger partial charge in [0, 0.05) is 13.1 Å². The van der Waals surface area contributed by atoms with Crippen LogP contribution in [0.4, 0.5) is 4.79 Å². The molecule has 190 valence electrons. The molecule has 33 heavy (non-hydrogen) atoms. The molecule has 0 aliphatic heterocycles. The number of amides is 2. The first-order chi connectivity index (χ1) is 15.6. The molecule has 1 atom stereocenters. The van der Waals surface area contributed by atoms with Crippen LogP contribution in [0.25, 0.3) is 0 Å². The Bertz CT molecular complexity index is 602. The standard InChI is InChI=1S/C26H45N3O3.ClH/c1-2-3-4-5-6-7-8-9-10-15-20-28-25(30)24(27)19-14-16-21-29-26(31)32-22-23-17-12-11-13-18-23;/h11-13,17-18,24H,2-10,14-16,19-22,27H2,1H3,(H,28,30)(H,29,31);1H/t24-;/m1./s1. The lowest BCUT2D eigenvalue weighted by Gasteiger charge is -2.12. The summed E-state index contributed by atoms with van der Waals surface area (Å²) in [6.07, 6.45) is 14.6. The van der Waals surface area contributed by atoms with Gasteiger partial charge in [0.1, 0.15) is 6.61 Å². The maximum atomic E-state index is 12.1. The second-order valence-corrected chi connectivity index (χ2v) is 8.56. The van der Waals surface area contributed by atoms with E-state index in [1.807, 2.05) is 30.3 Å². The van der Waals surface area contributed by atoms with Crippen molar-refractivity contribution < 1.29 is 14.3 Å². The van der Waals surface area contributed by atoms with Crippen LogP contribution < -0.4 is 16.4 Å². The molecule has 1 rings (SSSR count). The van der Waals surface area contributed by atoms with Crippen LogP contribution in [-0.2, 0) is 16.1 Å². The summed E-state index contributed by atoms with van der Waals surface area (Å²) in [5.41, 5.74) is 6.93. The van der Waals surface area contributed by atoms with E-state index in [-0.39, 0.29) is 24.9 Å². The first-order valence-corrected chi connectivity index (χ1v) is 12.6. The van der Waals surface area contributed by atoms with Crippen LogP contribution in [0.3, 0.4) is 0 Å². The molecule has 1 aromatic rings. The molecule has 0 saturated heterocycles. The molecule has 4 N–H and O–H groups in total. The van der Waals surface area contributed by atoms with Crippen LogP contribution in [0.1, 0.15) is 96.0 Å². The molecule has 0 saturated carbocycles. The molecule has 7 heteroatoms. The third-order valence-electron chi connectivity index (χ3n) is 5.59. The van der Waals surface area contributed by atoms with E-state index in [0.717, 1.165) is 31.2 Å². The maximum Gasteiger partial charge on any atom is 0.407 e. The molecule has 1 aromatic carbocycles. The van der Waals surface area contributed by atoms with Gasteiger partial charge >= 0.3 is 6.09 Å². The van der Waals surface area contributed by atoms with Crippen molar-refractivity contribution in [2.45, 2.75) is 103 Å². The zero-order valence-corrected chi connectivity index (χ0v) is 21.3. The number of nitrogens with two attached hydrogens (primary N) is 1. The molecular formula is C26H46ClN3O3. The summed E-state index contributed by atoms with van der Waals surface area (Å²) in [7, 11) is 0. The Balaban J connectivity index is 0.0000102.